The Labute approximate surface area is 161 Å². The van der Waals surface area contributed by atoms with Crippen molar-refractivity contribution < 1.29 is 14.3 Å². The molecule has 27 heavy (non-hydrogen) atoms. The van der Waals surface area contributed by atoms with Crippen molar-refractivity contribution in [2.75, 3.05) is 19.5 Å². The molecule has 1 N–H and O–H groups in total. The lowest BCUT2D eigenvalue weighted by atomic mass is 10.1. The topological polar surface area (TPSA) is 69.6 Å². The lowest BCUT2D eigenvalue weighted by Crippen LogP contribution is -2.12. The van der Waals surface area contributed by atoms with Gasteiger partial charge in [0.05, 0.1) is 24.4 Å². The molecular weight excluding hydrogens is 364 g/mol. The first-order valence-electron chi connectivity index (χ1n) is 8.69. The maximum Gasteiger partial charge on any atom is 0.308 e. The van der Waals surface area contributed by atoms with Gasteiger partial charge in [-0.3, -0.25) is 14.2 Å². The number of aryl methyl sites for hydroxylation is 2. The molecule has 0 aliphatic heterocycles. The number of carbonyl (C=O) groups is 1. The smallest absolute Gasteiger partial charge is 0.308 e. The third kappa shape index (κ3) is 4.14. The zero-order valence-electron chi connectivity index (χ0n) is 15.6. The van der Waals surface area contributed by atoms with E-state index in [4.69, 9.17) is 9.47 Å². The highest BCUT2D eigenvalue weighted by molar-refractivity contribution is 7.16. The van der Waals surface area contributed by atoms with Gasteiger partial charge in [0, 0.05) is 18.7 Å². The normalized spacial score (nSPS) is 10.8. The van der Waals surface area contributed by atoms with Crippen LogP contribution in [0.4, 0.5) is 5.69 Å². The Morgan fingerprint density at radius 2 is 1.89 bits per heavy atom. The third-order valence-electron chi connectivity index (χ3n) is 4.36. The second-order valence-electron chi connectivity index (χ2n) is 6.03. The lowest BCUT2D eigenvalue weighted by Gasteiger charge is -2.10. The van der Waals surface area contributed by atoms with Crippen LogP contribution in [0.15, 0.2) is 41.2 Å². The van der Waals surface area contributed by atoms with E-state index in [9.17, 15) is 9.59 Å². The molecule has 2 aromatic carbocycles. The first-order chi connectivity index (χ1) is 13.0. The summed E-state index contributed by atoms with van der Waals surface area (Å²) < 4.78 is 13.1. The molecule has 0 saturated heterocycles. The summed E-state index contributed by atoms with van der Waals surface area (Å²) in [5.74, 6) is 1.24. The Kier molecular flexibility index (Phi) is 5.81. The maximum absolute atomic E-state index is 12.3. The highest BCUT2D eigenvalue weighted by Gasteiger charge is 2.10. The molecule has 0 aliphatic rings. The average Bonchev–Trinajstić information content (AvgIpc) is 3.00. The number of hydrogen-bond acceptors (Lipinski definition) is 5. The van der Waals surface area contributed by atoms with Gasteiger partial charge >= 0.3 is 4.87 Å². The molecule has 0 spiro atoms. The largest absolute Gasteiger partial charge is 0.493 e. The van der Waals surface area contributed by atoms with Crippen LogP contribution < -0.4 is 19.7 Å². The van der Waals surface area contributed by atoms with Crippen molar-refractivity contribution in [3.8, 4) is 11.5 Å². The number of methoxy groups -OCH3 is 2. The van der Waals surface area contributed by atoms with Gasteiger partial charge in [0.2, 0.25) is 5.91 Å². The quantitative estimate of drug-likeness (QED) is 0.673. The standard InChI is InChI=1S/C20H22N2O4S/c1-4-22-15-8-7-14(12-18(15)27-20(22)24)21-19(23)10-6-13-5-9-16(25-2)17(11-13)26-3/h5,7-9,11-12H,4,6,10H2,1-3H3,(H,21,23). The number of fused-ring (bicyclic) bond motifs is 1. The molecule has 0 bridgehead atoms. The number of aromatic nitrogens is 1. The first kappa shape index (κ1) is 19.0. The van der Waals surface area contributed by atoms with E-state index in [2.05, 4.69) is 5.32 Å². The Morgan fingerprint density at radius 3 is 2.59 bits per heavy atom. The lowest BCUT2D eigenvalue weighted by molar-refractivity contribution is -0.116. The molecule has 3 aromatic rings. The van der Waals surface area contributed by atoms with Gasteiger partial charge in [0.25, 0.3) is 0 Å². The summed E-state index contributed by atoms with van der Waals surface area (Å²) in [7, 11) is 3.18. The van der Waals surface area contributed by atoms with Crippen LogP contribution in [0.1, 0.15) is 18.9 Å². The predicted octanol–water partition coefficient (Wildman–Crippen LogP) is 3.67. The number of ether oxygens (including phenoxy) is 2. The Hall–Kier alpha value is -2.80. The van der Waals surface area contributed by atoms with Crippen molar-refractivity contribution >= 4 is 33.1 Å². The third-order valence-corrected chi connectivity index (χ3v) is 5.30. The number of carbonyl (C=O) groups excluding carboxylic acids is 1. The van der Waals surface area contributed by atoms with Crippen LogP contribution in [0, 0.1) is 0 Å². The molecule has 0 radical (unpaired) electrons. The van der Waals surface area contributed by atoms with E-state index in [0.29, 0.717) is 36.6 Å². The minimum Gasteiger partial charge on any atom is -0.493 e. The summed E-state index contributed by atoms with van der Waals surface area (Å²) in [6, 6.07) is 11.2. The molecule has 6 nitrogen and oxygen atoms in total. The molecule has 0 fully saturated rings. The summed E-state index contributed by atoms with van der Waals surface area (Å²) in [6.07, 6.45) is 0.938. The highest BCUT2D eigenvalue weighted by Crippen LogP contribution is 2.28. The molecule has 0 unspecified atom stereocenters. The fraction of sp³-hybridized carbons (Fsp3) is 0.300. The fourth-order valence-electron chi connectivity index (χ4n) is 2.96. The molecular formula is C20H22N2O4S. The van der Waals surface area contributed by atoms with Crippen LogP contribution in [0.2, 0.25) is 0 Å². The van der Waals surface area contributed by atoms with Crippen molar-refractivity contribution in [2.45, 2.75) is 26.3 Å². The van der Waals surface area contributed by atoms with Crippen LogP contribution >= 0.6 is 11.3 Å². The van der Waals surface area contributed by atoms with Crippen LogP contribution in [0.25, 0.3) is 10.2 Å². The van der Waals surface area contributed by atoms with Crippen LogP contribution in [-0.4, -0.2) is 24.7 Å². The second kappa shape index (κ2) is 8.26. The zero-order chi connectivity index (χ0) is 19.4. The maximum atomic E-state index is 12.3. The van der Waals surface area contributed by atoms with Crippen molar-refractivity contribution in [2.24, 2.45) is 0 Å². The van der Waals surface area contributed by atoms with Gasteiger partial charge < -0.3 is 14.8 Å². The molecule has 0 aliphatic carbocycles. The molecule has 0 atom stereocenters. The number of nitrogens with one attached hydrogen (secondary N) is 1. The molecule has 1 aromatic heterocycles. The van der Waals surface area contributed by atoms with Crippen LogP contribution in [0.3, 0.4) is 0 Å². The molecule has 7 heteroatoms. The van der Waals surface area contributed by atoms with E-state index in [1.54, 1.807) is 18.8 Å². The SMILES string of the molecule is CCn1c(=O)sc2cc(NC(=O)CCc3ccc(OC)c(OC)c3)ccc21. The van der Waals surface area contributed by atoms with Gasteiger partial charge in [-0.05, 0) is 49.2 Å². The summed E-state index contributed by atoms with van der Waals surface area (Å²) in [5.41, 5.74) is 2.59. The summed E-state index contributed by atoms with van der Waals surface area (Å²) in [4.78, 5) is 24.3. The van der Waals surface area contributed by atoms with Gasteiger partial charge in [-0.2, -0.15) is 0 Å². The van der Waals surface area contributed by atoms with Crippen molar-refractivity contribution in [3.05, 3.63) is 51.6 Å². The van der Waals surface area contributed by atoms with Crippen LogP contribution in [-0.2, 0) is 17.8 Å². The van der Waals surface area contributed by atoms with Gasteiger partial charge in [0.15, 0.2) is 11.5 Å². The molecule has 142 valence electrons. The number of anilines is 1. The summed E-state index contributed by atoms with van der Waals surface area (Å²) in [5, 5.41) is 2.90. The van der Waals surface area contributed by atoms with Crippen molar-refractivity contribution in [1.82, 2.24) is 4.57 Å². The number of hydrogen-bond donors (Lipinski definition) is 1. The van der Waals surface area contributed by atoms with Gasteiger partial charge in [-0.1, -0.05) is 17.4 Å². The van der Waals surface area contributed by atoms with Crippen molar-refractivity contribution in [3.63, 3.8) is 0 Å². The number of thiazole rings is 1. The average molecular weight is 386 g/mol. The molecule has 1 amide bonds. The monoisotopic (exact) mass is 386 g/mol. The van der Waals surface area contributed by atoms with E-state index in [-0.39, 0.29) is 10.8 Å². The molecule has 3 rings (SSSR count). The summed E-state index contributed by atoms with van der Waals surface area (Å²) in [6.45, 7) is 2.58. The Balaban J connectivity index is 1.66. The van der Waals surface area contributed by atoms with E-state index < -0.39 is 0 Å². The number of nitrogens with zero attached hydrogens (tertiary/aromatic N) is 1. The predicted molar refractivity (Wildman–Crippen MR) is 108 cm³/mol. The van der Waals surface area contributed by atoms with Crippen molar-refractivity contribution in [1.29, 1.82) is 0 Å². The van der Waals surface area contributed by atoms with E-state index >= 15 is 0 Å². The number of benzene rings is 2. The van der Waals surface area contributed by atoms with E-state index in [0.717, 1.165) is 15.8 Å². The van der Waals surface area contributed by atoms with E-state index in [1.165, 1.54) is 11.3 Å². The fourth-order valence-corrected chi connectivity index (χ4v) is 3.96. The molecule has 1 heterocycles. The Morgan fingerprint density at radius 1 is 1.11 bits per heavy atom. The highest BCUT2D eigenvalue weighted by atomic mass is 32.1. The van der Waals surface area contributed by atoms with Gasteiger partial charge in [0.1, 0.15) is 0 Å². The minimum absolute atomic E-state index is 0.0180. The first-order valence-corrected chi connectivity index (χ1v) is 9.51. The zero-order valence-corrected chi connectivity index (χ0v) is 16.4. The van der Waals surface area contributed by atoms with E-state index in [1.807, 2.05) is 43.3 Å². The number of amides is 1. The minimum atomic E-state index is -0.0774. The second-order valence-corrected chi connectivity index (χ2v) is 7.03. The number of rotatable bonds is 7. The van der Waals surface area contributed by atoms with Gasteiger partial charge in [-0.15, -0.1) is 0 Å². The molecule has 0 saturated carbocycles. The van der Waals surface area contributed by atoms with Gasteiger partial charge in [-0.25, -0.2) is 0 Å². The Bertz CT molecular complexity index is 1020. The summed E-state index contributed by atoms with van der Waals surface area (Å²) >= 11 is 1.19. The van der Waals surface area contributed by atoms with Crippen LogP contribution in [0.5, 0.6) is 11.5 Å².